The number of likely N-dealkylation sites (tertiary alicyclic amines) is 1. The summed E-state index contributed by atoms with van der Waals surface area (Å²) in [5, 5.41) is 7.21. The first-order chi connectivity index (χ1) is 13.5. The Morgan fingerprint density at radius 2 is 2.11 bits per heavy atom. The van der Waals surface area contributed by atoms with E-state index in [-0.39, 0.29) is 18.0 Å². The number of hydrogen-bond acceptors (Lipinski definition) is 5. The lowest BCUT2D eigenvalue weighted by molar-refractivity contribution is -0.121. The highest BCUT2D eigenvalue weighted by Gasteiger charge is 2.16. The molecule has 0 saturated carbocycles. The van der Waals surface area contributed by atoms with Crippen molar-refractivity contribution in [2.45, 2.75) is 39.7 Å². The minimum absolute atomic E-state index is 0.0794. The van der Waals surface area contributed by atoms with E-state index in [1.54, 1.807) is 22.8 Å². The number of fused-ring (bicyclic) bond motifs is 3. The average Bonchev–Trinajstić information content (AvgIpc) is 3.26. The number of carbonyl (C=O) groups is 1. The number of aromatic nitrogens is 3. The highest BCUT2D eigenvalue weighted by atomic mass is 16.3. The van der Waals surface area contributed by atoms with E-state index in [0.717, 1.165) is 37.5 Å². The van der Waals surface area contributed by atoms with Crippen LogP contribution in [0.15, 0.2) is 27.6 Å². The first-order valence-corrected chi connectivity index (χ1v) is 9.98. The third-order valence-electron chi connectivity index (χ3n) is 5.61. The molecule has 1 amide bonds. The van der Waals surface area contributed by atoms with E-state index in [1.165, 1.54) is 17.5 Å². The van der Waals surface area contributed by atoms with Gasteiger partial charge in [-0.05, 0) is 51.7 Å². The molecule has 8 heteroatoms. The highest BCUT2D eigenvalue weighted by Crippen LogP contribution is 2.20. The highest BCUT2D eigenvalue weighted by molar-refractivity contribution is 5.82. The molecule has 4 heterocycles. The fraction of sp³-hybridized carbons (Fsp3) is 0.550. The van der Waals surface area contributed by atoms with Crippen molar-refractivity contribution in [3.63, 3.8) is 0 Å². The molecule has 0 atom stereocenters. The van der Waals surface area contributed by atoms with E-state index in [0.29, 0.717) is 23.5 Å². The van der Waals surface area contributed by atoms with Crippen molar-refractivity contribution >= 4 is 22.5 Å². The summed E-state index contributed by atoms with van der Waals surface area (Å²) in [5.74, 6) is 1.27. The van der Waals surface area contributed by atoms with Crippen LogP contribution in [0.1, 0.15) is 32.0 Å². The number of nitrogens with zero attached hydrogens (tertiary/aromatic N) is 4. The van der Waals surface area contributed by atoms with Gasteiger partial charge in [-0.25, -0.2) is 4.68 Å². The third-order valence-corrected chi connectivity index (χ3v) is 5.61. The lowest BCUT2D eigenvalue weighted by Gasteiger charge is -2.30. The third kappa shape index (κ3) is 3.69. The Hall–Kier alpha value is -2.61. The van der Waals surface area contributed by atoms with Gasteiger partial charge in [0.05, 0.1) is 11.8 Å². The molecule has 3 aromatic rings. The maximum absolute atomic E-state index is 12.7. The van der Waals surface area contributed by atoms with Gasteiger partial charge in [0.25, 0.3) is 5.56 Å². The predicted molar refractivity (Wildman–Crippen MR) is 106 cm³/mol. The summed E-state index contributed by atoms with van der Waals surface area (Å²) in [6, 6.07) is 3.50. The largest absolute Gasteiger partial charge is 0.463 e. The van der Waals surface area contributed by atoms with E-state index in [4.69, 9.17) is 4.42 Å². The second-order valence-corrected chi connectivity index (χ2v) is 7.77. The van der Waals surface area contributed by atoms with Gasteiger partial charge in [-0.2, -0.15) is 5.10 Å². The quantitative estimate of drug-likeness (QED) is 0.654. The zero-order chi connectivity index (χ0) is 19.7. The van der Waals surface area contributed by atoms with Crippen LogP contribution >= 0.6 is 0 Å². The average molecular weight is 385 g/mol. The zero-order valence-electron chi connectivity index (χ0n) is 16.5. The van der Waals surface area contributed by atoms with Crippen LogP contribution < -0.4 is 10.9 Å². The van der Waals surface area contributed by atoms with Crippen molar-refractivity contribution in [3.8, 4) is 0 Å². The summed E-state index contributed by atoms with van der Waals surface area (Å²) in [6.07, 6.45) is 5.01. The second kappa shape index (κ2) is 7.79. The molecule has 3 aromatic heterocycles. The van der Waals surface area contributed by atoms with Crippen molar-refractivity contribution in [2.75, 3.05) is 26.2 Å². The molecule has 1 saturated heterocycles. The maximum Gasteiger partial charge on any atom is 0.291 e. The van der Waals surface area contributed by atoms with Gasteiger partial charge in [0.15, 0.2) is 5.58 Å². The first kappa shape index (κ1) is 18.7. The Balaban J connectivity index is 1.35. The minimum Gasteiger partial charge on any atom is -0.463 e. The van der Waals surface area contributed by atoms with Crippen molar-refractivity contribution in [2.24, 2.45) is 5.92 Å². The van der Waals surface area contributed by atoms with Crippen LogP contribution in [0.3, 0.4) is 0 Å². The number of nitrogens with one attached hydrogen (secondary N) is 1. The summed E-state index contributed by atoms with van der Waals surface area (Å²) in [5.41, 5.74) is 1.61. The fourth-order valence-corrected chi connectivity index (χ4v) is 3.94. The SMILES string of the molecule is Cc1nn(CC(=O)NCCCN2CCC(C)CC2)c(=O)c2cc3occc3n12. The molecule has 8 nitrogen and oxygen atoms in total. The van der Waals surface area contributed by atoms with Gasteiger partial charge in [0, 0.05) is 18.7 Å². The van der Waals surface area contributed by atoms with Gasteiger partial charge in [-0.15, -0.1) is 0 Å². The summed E-state index contributed by atoms with van der Waals surface area (Å²) in [6.45, 7) is 7.94. The normalized spacial score (nSPS) is 16.2. The Labute approximate surface area is 163 Å². The molecule has 0 bridgehead atoms. The monoisotopic (exact) mass is 385 g/mol. The van der Waals surface area contributed by atoms with Crippen molar-refractivity contribution in [1.82, 2.24) is 24.4 Å². The van der Waals surface area contributed by atoms with Crippen molar-refractivity contribution < 1.29 is 9.21 Å². The number of furan rings is 1. The lowest BCUT2D eigenvalue weighted by Crippen LogP contribution is -2.37. The molecular weight excluding hydrogens is 358 g/mol. The number of aryl methyl sites for hydroxylation is 1. The Bertz CT molecular complexity index is 1040. The molecule has 0 spiro atoms. The molecular formula is C20H27N5O3. The molecule has 1 N–H and O–H groups in total. The fourth-order valence-electron chi connectivity index (χ4n) is 3.94. The summed E-state index contributed by atoms with van der Waals surface area (Å²) in [7, 11) is 0. The van der Waals surface area contributed by atoms with Crippen LogP contribution in [0.25, 0.3) is 16.6 Å². The number of carbonyl (C=O) groups excluding carboxylic acids is 1. The molecule has 1 aliphatic rings. The Kier molecular flexibility index (Phi) is 5.21. The van der Waals surface area contributed by atoms with Crippen LogP contribution in [-0.4, -0.2) is 51.2 Å². The zero-order valence-corrected chi connectivity index (χ0v) is 16.5. The van der Waals surface area contributed by atoms with Crippen LogP contribution in [0.5, 0.6) is 0 Å². The van der Waals surface area contributed by atoms with Crippen LogP contribution in [0, 0.1) is 12.8 Å². The van der Waals surface area contributed by atoms with Gasteiger partial charge < -0.3 is 14.6 Å². The topological polar surface area (TPSA) is 84.8 Å². The van der Waals surface area contributed by atoms with E-state index >= 15 is 0 Å². The first-order valence-electron chi connectivity index (χ1n) is 9.98. The molecule has 1 aliphatic heterocycles. The van der Waals surface area contributed by atoms with Gasteiger partial charge in [-0.3, -0.25) is 14.0 Å². The number of piperidine rings is 1. The van der Waals surface area contributed by atoms with Crippen molar-refractivity contribution in [1.29, 1.82) is 0 Å². The molecule has 0 unspecified atom stereocenters. The molecule has 4 rings (SSSR count). The summed E-state index contributed by atoms with van der Waals surface area (Å²) >= 11 is 0. The second-order valence-electron chi connectivity index (χ2n) is 7.77. The standard InChI is InChI=1S/C20H27N5O3/c1-14-4-9-23(10-5-14)8-3-7-21-19(26)13-24-20(27)17-12-18-16(6-11-28-18)25(17)15(2)22-24/h6,11-12,14H,3-5,7-10,13H2,1-2H3,(H,21,26). The summed E-state index contributed by atoms with van der Waals surface area (Å²) < 4.78 is 8.36. The number of amides is 1. The van der Waals surface area contributed by atoms with Gasteiger partial charge in [-0.1, -0.05) is 6.92 Å². The number of rotatable bonds is 6. The van der Waals surface area contributed by atoms with Gasteiger partial charge in [0.1, 0.15) is 17.9 Å². The van der Waals surface area contributed by atoms with Crippen LogP contribution in [0.2, 0.25) is 0 Å². The van der Waals surface area contributed by atoms with E-state index in [2.05, 4.69) is 22.2 Å². The van der Waals surface area contributed by atoms with E-state index in [1.807, 2.05) is 6.92 Å². The van der Waals surface area contributed by atoms with Gasteiger partial charge in [0.2, 0.25) is 5.91 Å². The Morgan fingerprint density at radius 1 is 1.32 bits per heavy atom. The van der Waals surface area contributed by atoms with Crippen LogP contribution in [-0.2, 0) is 11.3 Å². The molecule has 1 fully saturated rings. The molecule has 28 heavy (non-hydrogen) atoms. The predicted octanol–water partition coefficient (Wildman–Crippen LogP) is 1.79. The molecule has 0 aliphatic carbocycles. The van der Waals surface area contributed by atoms with E-state index < -0.39 is 0 Å². The van der Waals surface area contributed by atoms with Gasteiger partial charge >= 0.3 is 0 Å². The Morgan fingerprint density at radius 3 is 2.89 bits per heavy atom. The molecule has 0 aromatic carbocycles. The minimum atomic E-state index is -0.297. The molecule has 150 valence electrons. The maximum atomic E-state index is 12.7. The molecule has 0 radical (unpaired) electrons. The van der Waals surface area contributed by atoms with Crippen molar-refractivity contribution in [3.05, 3.63) is 34.6 Å². The number of hydrogen-bond donors (Lipinski definition) is 1. The van der Waals surface area contributed by atoms with Crippen LogP contribution in [0.4, 0.5) is 0 Å². The van der Waals surface area contributed by atoms with E-state index in [9.17, 15) is 9.59 Å². The summed E-state index contributed by atoms with van der Waals surface area (Å²) in [4.78, 5) is 27.4. The smallest absolute Gasteiger partial charge is 0.291 e. The lowest BCUT2D eigenvalue weighted by atomic mass is 9.99.